The summed E-state index contributed by atoms with van der Waals surface area (Å²) in [6.07, 6.45) is 0. The molecule has 1 aromatic heterocycles. The van der Waals surface area contributed by atoms with E-state index in [1.165, 1.54) is 6.07 Å². The van der Waals surface area contributed by atoms with Crippen molar-refractivity contribution in [2.24, 2.45) is 5.73 Å². The third-order valence-electron chi connectivity index (χ3n) is 2.42. The van der Waals surface area contributed by atoms with Gasteiger partial charge >= 0.3 is 0 Å². The number of benzene rings is 1. The van der Waals surface area contributed by atoms with E-state index in [2.05, 4.69) is 15.9 Å². The molecule has 0 fully saturated rings. The van der Waals surface area contributed by atoms with Gasteiger partial charge in [0, 0.05) is 24.8 Å². The molecule has 0 bridgehead atoms. The van der Waals surface area contributed by atoms with Gasteiger partial charge in [0.1, 0.15) is 5.82 Å². The molecule has 2 rings (SSSR count). The van der Waals surface area contributed by atoms with Gasteiger partial charge in [0.25, 0.3) is 0 Å². The molecule has 0 radical (unpaired) electrons. The van der Waals surface area contributed by atoms with E-state index in [-0.39, 0.29) is 5.82 Å². The molecule has 1 atom stereocenters. The standard InChI is InChI=1S/C12H10BrClFNS/c1-6-4-9(13)12(17-6)11(16)8-3-2-7(14)5-10(8)15/h2-5,11H,16H2,1H3. The van der Waals surface area contributed by atoms with Crippen LogP contribution < -0.4 is 5.73 Å². The Morgan fingerprint density at radius 2 is 2.12 bits per heavy atom. The second kappa shape index (κ2) is 5.06. The average molecular weight is 335 g/mol. The minimum Gasteiger partial charge on any atom is -0.319 e. The first-order chi connectivity index (χ1) is 7.99. The summed E-state index contributed by atoms with van der Waals surface area (Å²) in [6.45, 7) is 1.99. The fraction of sp³-hybridized carbons (Fsp3) is 0.167. The summed E-state index contributed by atoms with van der Waals surface area (Å²) in [7, 11) is 0. The maximum Gasteiger partial charge on any atom is 0.129 e. The monoisotopic (exact) mass is 333 g/mol. The highest BCUT2D eigenvalue weighted by molar-refractivity contribution is 9.10. The normalized spacial score (nSPS) is 12.8. The van der Waals surface area contributed by atoms with E-state index in [1.54, 1.807) is 23.5 Å². The predicted molar refractivity (Wildman–Crippen MR) is 74.2 cm³/mol. The molecule has 90 valence electrons. The zero-order valence-electron chi connectivity index (χ0n) is 9.01. The van der Waals surface area contributed by atoms with Gasteiger partial charge < -0.3 is 5.73 Å². The van der Waals surface area contributed by atoms with Crippen LogP contribution in [0.5, 0.6) is 0 Å². The first kappa shape index (κ1) is 13.0. The van der Waals surface area contributed by atoms with Crippen molar-refractivity contribution in [1.29, 1.82) is 0 Å². The number of aryl methyl sites for hydroxylation is 1. The van der Waals surface area contributed by atoms with Crippen molar-refractivity contribution in [1.82, 2.24) is 0 Å². The lowest BCUT2D eigenvalue weighted by atomic mass is 10.1. The van der Waals surface area contributed by atoms with Crippen molar-refractivity contribution in [3.63, 3.8) is 0 Å². The smallest absolute Gasteiger partial charge is 0.129 e. The Labute approximate surface area is 117 Å². The van der Waals surface area contributed by atoms with Gasteiger partial charge in [-0.2, -0.15) is 0 Å². The van der Waals surface area contributed by atoms with Crippen LogP contribution in [0, 0.1) is 12.7 Å². The molecule has 0 aliphatic rings. The van der Waals surface area contributed by atoms with Gasteiger partial charge in [-0.05, 0) is 41.1 Å². The van der Waals surface area contributed by atoms with E-state index in [0.717, 1.165) is 14.2 Å². The van der Waals surface area contributed by atoms with Crippen LogP contribution in [0.3, 0.4) is 0 Å². The summed E-state index contributed by atoms with van der Waals surface area (Å²) in [5, 5.41) is 0.375. The van der Waals surface area contributed by atoms with Crippen molar-refractivity contribution in [2.45, 2.75) is 13.0 Å². The highest BCUT2D eigenvalue weighted by atomic mass is 79.9. The van der Waals surface area contributed by atoms with Gasteiger partial charge in [-0.25, -0.2) is 4.39 Å². The van der Waals surface area contributed by atoms with E-state index in [1.807, 2.05) is 13.0 Å². The summed E-state index contributed by atoms with van der Waals surface area (Å²) in [5.41, 5.74) is 6.53. The lowest BCUT2D eigenvalue weighted by molar-refractivity contribution is 0.601. The molecule has 0 amide bonds. The van der Waals surface area contributed by atoms with E-state index in [0.29, 0.717) is 10.6 Å². The highest BCUT2D eigenvalue weighted by Crippen LogP contribution is 2.35. The molecule has 2 N–H and O–H groups in total. The summed E-state index contributed by atoms with van der Waals surface area (Å²) in [6, 6.07) is 6.07. The number of nitrogens with two attached hydrogens (primary N) is 1. The number of hydrogen-bond donors (Lipinski definition) is 1. The van der Waals surface area contributed by atoms with E-state index in [9.17, 15) is 4.39 Å². The zero-order chi connectivity index (χ0) is 12.6. The maximum atomic E-state index is 13.7. The van der Waals surface area contributed by atoms with Crippen LogP contribution in [0.4, 0.5) is 4.39 Å². The predicted octanol–water partition coefficient (Wildman–Crippen LogP) is 4.66. The van der Waals surface area contributed by atoms with Gasteiger partial charge in [0.15, 0.2) is 0 Å². The molecule has 0 aliphatic carbocycles. The first-order valence-electron chi connectivity index (χ1n) is 4.95. The van der Waals surface area contributed by atoms with Crippen LogP contribution in [0.2, 0.25) is 5.02 Å². The average Bonchev–Trinajstić information content (AvgIpc) is 2.57. The number of thiophene rings is 1. The zero-order valence-corrected chi connectivity index (χ0v) is 12.2. The maximum absolute atomic E-state index is 13.7. The summed E-state index contributed by atoms with van der Waals surface area (Å²) < 4.78 is 14.7. The van der Waals surface area contributed by atoms with Crippen LogP contribution in [0.1, 0.15) is 21.4 Å². The van der Waals surface area contributed by atoms with Gasteiger partial charge in [-0.15, -0.1) is 11.3 Å². The Kier molecular flexibility index (Phi) is 3.88. The highest BCUT2D eigenvalue weighted by Gasteiger charge is 2.18. The molecule has 1 heterocycles. The second-order valence-electron chi connectivity index (χ2n) is 3.71. The fourth-order valence-corrected chi connectivity index (χ4v) is 3.69. The Bertz CT molecular complexity index is 555. The second-order valence-corrected chi connectivity index (χ2v) is 6.29. The minimum atomic E-state index is -0.472. The Hall–Kier alpha value is -0.420. The SMILES string of the molecule is Cc1cc(Br)c(C(N)c2ccc(Cl)cc2F)s1. The molecule has 1 aromatic carbocycles. The van der Waals surface area contributed by atoms with E-state index >= 15 is 0 Å². The van der Waals surface area contributed by atoms with Gasteiger partial charge in [0.05, 0.1) is 6.04 Å². The number of rotatable bonds is 2. The lowest BCUT2D eigenvalue weighted by Crippen LogP contribution is -2.12. The summed E-state index contributed by atoms with van der Waals surface area (Å²) in [5.74, 6) is -0.372. The third kappa shape index (κ3) is 2.71. The molecular weight excluding hydrogens is 325 g/mol. The van der Waals surface area contributed by atoms with E-state index in [4.69, 9.17) is 17.3 Å². The van der Waals surface area contributed by atoms with Crippen LogP contribution in [-0.4, -0.2) is 0 Å². The summed E-state index contributed by atoms with van der Waals surface area (Å²) >= 11 is 10.7. The molecule has 5 heteroatoms. The molecule has 0 saturated heterocycles. The first-order valence-corrected chi connectivity index (χ1v) is 6.94. The molecule has 2 aromatic rings. The lowest BCUT2D eigenvalue weighted by Gasteiger charge is -2.12. The number of hydrogen-bond acceptors (Lipinski definition) is 2. The van der Waals surface area contributed by atoms with Crippen molar-refractivity contribution in [2.75, 3.05) is 0 Å². The summed E-state index contributed by atoms with van der Waals surface area (Å²) in [4.78, 5) is 2.06. The molecule has 17 heavy (non-hydrogen) atoms. The third-order valence-corrected chi connectivity index (χ3v) is 4.70. The van der Waals surface area contributed by atoms with Crippen molar-refractivity contribution >= 4 is 38.9 Å². The Balaban J connectivity index is 2.43. The topological polar surface area (TPSA) is 26.0 Å². The van der Waals surface area contributed by atoms with Gasteiger partial charge in [-0.3, -0.25) is 0 Å². The van der Waals surface area contributed by atoms with Crippen LogP contribution in [0.25, 0.3) is 0 Å². The van der Waals surface area contributed by atoms with Crippen LogP contribution in [0.15, 0.2) is 28.7 Å². The number of halogens is 3. The quantitative estimate of drug-likeness (QED) is 0.849. The molecule has 0 aliphatic heterocycles. The molecule has 0 spiro atoms. The van der Waals surface area contributed by atoms with Gasteiger partial charge in [-0.1, -0.05) is 17.7 Å². The molecular formula is C12H10BrClFNS. The Morgan fingerprint density at radius 1 is 1.41 bits per heavy atom. The molecule has 1 nitrogen and oxygen atoms in total. The van der Waals surface area contributed by atoms with Crippen molar-refractivity contribution < 1.29 is 4.39 Å². The fourth-order valence-electron chi connectivity index (χ4n) is 1.61. The molecule has 1 unspecified atom stereocenters. The van der Waals surface area contributed by atoms with Crippen molar-refractivity contribution in [3.8, 4) is 0 Å². The largest absolute Gasteiger partial charge is 0.319 e. The van der Waals surface area contributed by atoms with E-state index < -0.39 is 6.04 Å². The van der Waals surface area contributed by atoms with Crippen LogP contribution in [-0.2, 0) is 0 Å². The minimum absolute atomic E-state index is 0.372. The van der Waals surface area contributed by atoms with Crippen LogP contribution >= 0.6 is 38.9 Å². The molecule has 0 saturated carbocycles. The van der Waals surface area contributed by atoms with Gasteiger partial charge in [0.2, 0.25) is 0 Å². The van der Waals surface area contributed by atoms with Crippen molar-refractivity contribution in [3.05, 3.63) is 54.9 Å². The Morgan fingerprint density at radius 3 is 2.65 bits per heavy atom.